The highest BCUT2D eigenvalue weighted by Gasteiger charge is 2.13. The molecule has 0 bridgehead atoms. The van der Waals surface area contributed by atoms with Gasteiger partial charge in [-0.15, -0.1) is 0 Å². The van der Waals surface area contributed by atoms with Gasteiger partial charge in [0, 0.05) is 4.90 Å². The smallest absolute Gasteiger partial charge is 0.210 e. The third-order valence-electron chi connectivity index (χ3n) is 1.87. The molecule has 6 heteroatoms. The first kappa shape index (κ1) is 12.2. The third-order valence-corrected chi connectivity index (χ3v) is 3.31. The van der Waals surface area contributed by atoms with E-state index in [0.29, 0.717) is 5.03 Å². The molecule has 1 heterocycles. The summed E-state index contributed by atoms with van der Waals surface area (Å²) in [4.78, 5) is 8.69. The molecule has 0 aliphatic carbocycles. The predicted molar refractivity (Wildman–Crippen MR) is 67.3 cm³/mol. The van der Waals surface area contributed by atoms with E-state index in [4.69, 9.17) is 28.5 Å². The summed E-state index contributed by atoms with van der Waals surface area (Å²) in [5.41, 5.74) is 0.241. The van der Waals surface area contributed by atoms with Gasteiger partial charge in [0.1, 0.15) is 16.7 Å². The van der Waals surface area contributed by atoms with E-state index < -0.39 is 0 Å². The molecule has 0 atom stereocenters. The van der Waals surface area contributed by atoms with Crippen molar-refractivity contribution in [2.45, 2.75) is 9.92 Å². The Morgan fingerprint density at radius 3 is 2.47 bits per heavy atom. The fourth-order valence-electron chi connectivity index (χ4n) is 1.16. The van der Waals surface area contributed by atoms with E-state index in [1.807, 2.05) is 36.4 Å². The lowest BCUT2D eigenvalue weighted by molar-refractivity contribution is 1.03. The molecule has 17 heavy (non-hydrogen) atoms. The first-order valence-corrected chi connectivity index (χ1v) is 6.14. The van der Waals surface area contributed by atoms with Gasteiger partial charge in [0.2, 0.25) is 5.28 Å². The third kappa shape index (κ3) is 2.89. The van der Waals surface area contributed by atoms with Crippen LogP contribution in [0, 0.1) is 11.3 Å². The highest BCUT2D eigenvalue weighted by Crippen LogP contribution is 2.31. The maximum Gasteiger partial charge on any atom is 0.224 e. The highest BCUT2D eigenvalue weighted by molar-refractivity contribution is 7.99. The minimum Gasteiger partial charge on any atom is -0.210 e. The van der Waals surface area contributed by atoms with Crippen LogP contribution in [0.25, 0.3) is 0 Å². The van der Waals surface area contributed by atoms with Crippen LogP contribution in [0.1, 0.15) is 5.56 Å². The largest absolute Gasteiger partial charge is 0.224 e. The molecule has 0 unspecified atom stereocenters. The Morgan fingerprint density at radius 2 is 1.82 bits per heavy atom. The molecule has 0 aliphatic heterocycles. The Balaban J connectivity index is 2.43. The van der Waals surface area contributed by atoms with Gasteiger partial charge in [-0.3, -0.25) is 0 Å². The van der Waals surface area contributed by atoms with Crippen LogP contribution in [0.5, 0.6) is 0 Å². The standard InChI is InChI=1S/C11H5Cl2N3S/c12-9-8(6-14)10(16-11(13)15-9)17-7-4-2-1-3-5-7/h1-5H. The zero-order valence-electron chi connectivity index (χ0n) is 8.39. The first-order chi connectivity index (χ1) is 8.20. The number of nitrogens with zero attached hydrogens (tertiary/aromatic N) is 3. The van der Waals surface area contributed by atoms with Gasteiger partial charge >= 0.3 is 0 Å². The van der Waals surface area contributed by atoms with E-state index in [1.54, 1.807) is 0 Å². The minimum absolute atomic E-state index is 0.0347. The second kappa shape index (κ2) is 5.37. The number of rotatable bonds is 2. The van der Waals surface area contributed by atoms with Crippen LogP contribution in [0.2, 0.25) is 10.4 Å². The molecule has 0 radical (unpaired) electrons. The molecule has 1 aromatic heterocycles. The zero-order valence-corrected chi connectivity index (χ0v) is 10.7. The van der Waals surface area contributed by atoms with Gasteiger partial charge in [-0.1, -0.05) is 41.6 Å². The van der Waals surface area contributed by atoms with E-state index in [1.165, 1.54) is 11.8 Å². The Morgan fingerprint density at radius 1 is 1.12 bits per heavy atom. The Hall–Kier alpha value is -1.28. The molecule has 0 fully saturated rings. The average molecular weight is 282 g/mol. The Kier molecular flexibility index (Phi) is 3.85. The molecule has 0 N–H and O–H groups in total. The summed E-state index contributed by atoms with van der Waals surface area (Å²) in [5.74, 6) is 0. The van der Waals surface area contributed by atoms with Crippen LogP contribution in [-0.2, 0) is 0 Å². The van der Waals surface area contributed by atoms with Gasteiger partial charge in [0.25, 0.3) is 0 Å². The maximum atomic E-state index is 9.00. The lowest BCUT2D eigenvalue weighted by Gasteiger charge is -2.04. The highest BCUT2D eigenvalue weighted by atomic mass is 35.5. The van der Waals surface area contributed by atoms with Crippen molar-refractivity contribution >= 4 is 35.0 Å². The van der Waals surface area contributed by atoms with Crippen LogP contribution in [0.15, 0.2) is 40.3 Å². The lowest BCUT2D eigenvalue weighted by Crippen LogP contribution is -1.93. The predicted octanol–water partition coefficient (Wildman–Crippen LogP) is 3.81. The number of hydrogen-bond acceptors (Lipinski definition) is 4. The summed E-state index contributed by atoms with van der Waals surface area (Å²) in [7, 11) is 0. The van der Waals surface area contributed by atoms with Crippen molar-refractivity contribution in [2.75, 3.05) is 0 Å². The average Bonchev–Trinajstić information content (AvgIpc) is 2.30. The number of halogens is 2. The molecule has 2 aromatic rings. The number of hydrogen-bond donors (Lipinski definition) is 0. The Labute approximate surface area is 112 Å². The van der Waals surface area contributed by atoms with Gasteiger partial charge < -0.3 is 0 Å². The van der Waals surface area contributed by atoms with Gasteiger partial charge in [-0.05, 0) is 23.7 Å². The van der Waals surface area contributed by atoms with Gasteiger partial charge in [0.05, 0.1) is 0 Å². The van der Waals surface area contributed by atoms with E-state index >= 15 is 0 Å². The van der Waals surface area contributed by atoms with Gasteiger partial charge in [-0.25, -0.2) is 9.97 Å². The molecular formula is C11H5Cl2N3S. The summed E-state index contributed by atoms with van der Waals surface area (Å²) in [6.07, 6.45) is 0. The normalized spacial score (nSPS) is 9.94. The van der Waals surface area contributed by atoms with Gasteiger partial charge in [0.15, 0.2) is 5.15 Å². The summed E-state index contributed by atoms with van der Waals surface area (Å²) < 4.78 is 0. The molecule has 0 saturated heterocycles. The van der Waals surface area contributed by atoms with E-state index in [9.17, 15) is 0 Å². The minimum atomic E-state index is 0.0347. The van der Waals surface area contributed by atoms with Crippen LogP contribution >= 0.6 is 35.0 Å². The fraction of sp³-hybridized carbons (Fsp3) is 0. The molecule has 0 spiro atoms. The van der Waals surface area contributed by atoms with Crippen LogP contribution in [-0.4, -0.2) is 9.97 Å². The van der Waals surface area contributed by atoms with Crippen molar-refractivity contribution in [1.82, 2.24) is 9.97 Å². The van der Waals surface area contributed by atoms with Crippen molar-refractivity contribution in [3.05, 3.63) is 46.3 Å². The Bertz CT molecular complexity index is 581. The van der Waals surface area contributed by atoms with E-state index in [0.717, 1.165) is 4.90 Å². The second-order valence-electron chi connectivity index (χ2n) is 2.99. The van der Waals surface area contributed by atoms with Crippen LogP contribution in [0.4, 0.5) is 0 Å². The fourth-order valence-corrected chi connectivity index (χ4v) is 2.58. The van der Waals surface area contributed by atoms with Crippen molar-refractivity contribution < 1.29 is 0 Å². The summed E-state index contributed by atoms with van der Waals surface area (Å²) in [6.45, 7) is 0. The van der Waals surface area contributed by atoms with Crippen molar-refractivity contribution in [2.24, 2.45) is 0 Å². The number of nitriles is 1. The second-order valence-corrected chi connectivity index (χ2v) is 4.75. The lowest BCUT2D eigenvalue weighted by atomic mass is 10.4. The SMILES string of the molecule is N#Cc1c(Cl)nc(Cl)nc1Sc1ccccc1. The zero-order chi connectivity index (χ0) is 12.3. The number of aromatic nitrogens is 2. The summed E-state index contributed by atoms with van der Waals surface area (Å²) >= 11 is 12.9. The van der Waals surface area contributed by atoms with Crippen LogP contribution in [0.3, 0.4) is 0 Å². The maximum absolute atomic E-state index is 9.00. The van der Waals surface area contributed by atoms with Crippen molar-refractivity contribution in [3.8, 4) is 6.07 Å². The molecule has 2 rings (SSSR count). The molecular weight excluding hydrogens is 277 g/mol. The quantitative estimate of drug-likeness (QED) is 0.621. The van der Waals surface area contributed by atoms with E-state index in [-0.39, 0.29) is 16.0 Å². The van der Waals surface area contributed by atoms with Crippen LogP contribution < -0.4 is 0 Å². The first-order valence-electron chi connectivity index (χ1n) is 4.56. The summed E-state index contributed by atoms with van der Waals surface area (Å²) in [6, 6.07) is 11.5. The molecule has 0 aliphatic rings. The van der Waals surface area contributed by atoms with Crippen molar-refractivity contribution in [3.63, 3.8) is 0 Å². The van der Waals surface area contributed by atoms with Crippen molar-refractivity contribution in [1.29, 1.82) is 5.26 Å². The van der Waals surface area contributed by atoms with Gasteiger partial charge in [-0.2, -0.15) is 5.26 Å². The summed E-state index contributed by atoms with van der Waals surface area (Å²) in [5, 5.41) is 9.57. The molecule has 1 aromatic carbocycles. The van der Waals surface area contributed by atoms with E-state index in [2.05, 4.69) is 9.97 Å². The monoisotopic (exact) mass is 281 g/mol. The molecule has 3 nitrogen and oxygen atoms in total. The number of benzene rings is 1. The molecule has 84 valence electrons. The molecule has 0 amide bonds. The topological polar surface area (TPSA) is 49.6 Å². The molecule has 0 saturated carbocycles.